The number of sulfonamides is 1. The summed E-state index contributed by atoms with van der Waals surface area (Å²) in [6, 6.07) is 8.17. The minimum Gasteiger partial charge on any atom is -0.340 e. The molecule has 1 aliphatic heterocycles. The topological polar surface area (TPSA) is 69.7 Å². The van der Waals surface area contributed by atoms with E-state index in [0.29, 0.717) is 11.6 Å². The highest BCUT2D eigenvalue weighted by atomic mass is 32.2. The summed E-state index contributed by atoms with van der Waals surface area (Å²) in [4.78, 5) is 17.4. The van der Waals surface area contributed by atoms with Crippen molar-refractivity contribution in [2.45, 2.75) is 37.6 Å². The highest BCUT2D eigenvalue weighted by Gasteiger charge is 2.46. The molecule has 6 nitrogen and oxygen atoms in total. The zero-order valence-electron chi connectivity index (χ0n) is 15.2. The number of piperazine rings is 1. The van der Waals surface area contributed by atoms with Crippen LogP contribution < -0.4 is 4.72 Å². The molecular weight excluding hydrogens is 350 g/mol. The largest absolute Gasteiger partial charge is 0.340 e. The number of hydrogen-bond acceptors (Lipinski definition) is 4. The van der Waals surface area contributed by atoms with Crippen LogP contribution in [-0.2, 0) is 14.8 Å². The molecule has 1 aromatic carbocycles. The lowest BCUT2D eigenvalue weighted by Crippen LogP contribution is -2.53. The van der Waals surface area contributed by atoms with Crippen molar-refractivity contribution in [3.8, 4) is 0 Å². The lowest BCUT2D eigenvalue weighted by Gasteiger charge is -2.43. The number of carbonyl (C=O) groups excluding carboxylic acids is 1. The van der Waals surface area contributed by atoms with Gasteiger partial charge in [-0.3, -0.25) is 14.4 Å². The molecule has 0 radical (unpaired) electrons. The van der Waals surface area contributed by atoms with Gasteiger partial charge in [0.15, 0.2) is 0 Å². The van der Waals surface area contributed by atoms with E-state index in [0.717, 1.165) is 50.5 Å². The summed E-state index contributed by atoms with van der Waals surface area (Å²) >= 11 is 0. The molecule has 2 aliphatic carbocycles. The molecular formula is C19H27N3O3S. The first-order chi connectivity index (χ1) is 12.4. The Morgan fingerprint density at radius 2 is 1.73 bits per heavy atom. The first kappa shape index (κ1) is 17.8. The third-order valence-electron chi connectivity index (χ3n) is 5.97. The monoisotopic (exact) mass is 377 g/mol. The Labute approximate surface area is 155 Å². The van der Waals surface area contributed by atoms with Crippen LogP contribution in [0.2, 0.25) is 0 Å². The van der Waals surface area contributed by atoms with Crippen molar-refractivity contribution >= 4 is 21.6 Å². The minimum atomic E-state index is -3.26. The van der Waals surface area contributed by atoms with Gasteiger partial charge >= 0.3 is 0 Å². The summed E-state index contributed by atoms with van der Waals surface area (Å²) in [6.07, 6.45) is 6.04. The molecule has 3 aliphatic rings. The number of nitrogens with one attached hydrogen (secondary N) is 1. The van der Waals surface area contributed by atoms with Crippen LogP contribution in [0.25, 0.3) is 0 Å². The lowest BCUT2D eigenvalue weighted by molar-refractivity contribution is -0.135. The van der Waals surface area contributed by atoms with Gasteiger partial charge in [0.2, 0.25) is 15.9 Å². The molecule has 1 aromatic rings. The van der Waals surface area contributed by atoms with Crippen LogP contribution in [-0.4, -0.2) is 62.6 Å². The number of nitrogens with zero attached hydrogens (tertiary/aromatic N) is 2. The Bertz CT molecular complexity index is 766. The maximum atomic E-state index is 12.8. The van der Waals surface area contributed by atoms with Crippen LogP contribution in [0, 0.1) is 5.92 Å². The Morgan fingerprint density at radius 1 is 1.08 bits per heavy atom. The van der Waals surface area contributed by atoms with Crippen molar-refractivity contribution in [2.75, 3.05) is 37.2 Å². The molecule has 1 N–H and O–H groups in total. The number of rotatable bonds is 5. The smallest absolute Gasteiger partial charge is 0.229 e. The molecule has 3 fully saturated rings. The number of amides is 1. The summed E-state index contributed by atoms with van der Waals surface area (Å²) < 4.78 is 25.0. The van der Waals surface area contributed by atoms with Crippen LogP contribution in [0.4, 0.5) is 5.69 Å². The molecule has 2 atom stereocenters. The van der Waals surface area contributed by atoms with Crippen molar-refractivity contribution < 1.29 is 13.2 Å². The SMILES string of the molecule is CS(=O)(=O)Nc1ccc(C2CC2C(=O)N2CCN(C3CCC3)CC2)cc1. The van der Waals surface area contributed by atoms with Gasteiger partial charge in [-0.25, -0.2) is 8.42 Å². The highest BCUT2D eigenvalue weighted by Crippen LogP contribution is 2.48. The molecule has 0 spiro atoms. The molecule has 2 unspecified atom stereocenters. The number of benzene rings is 1. The van der Waals surface area contributed by atoms with Gasteiger partial charge < -0.3 is 4.90 Å². The summed E-state index contributed by atoms with van der Waals surface area (Å²) in [5.41, 5.74) is 1.68. The van der Waals surface area contributed by atoms with Crippen LogP contribution in [0.15, 0.2) is 24.3 Å². The maximum absolute atomic E-state index is 12.8. The number of carbonyl (C=O) groups is 1. The maximum Gasteiger partial charge on any atom is 0.229 e. The second-order valence-corrected chi connectivity index (χ2v) is 9.64. The van der Waals surface area contributed by atoms with E-state index < -0.39 is 10.0 Å². The number of anilines is 1. The molecule has 0 aromatic heterocycles. The molecule has 26 heavy (non-hydrogen) atoms. The first-order valence-electron chi connectivity index (χ1n) is 9.51. The van der Waals surface area contributed by atoms with Gasteiger partial charge in [-0.15, -0.1) is 0 Å². The summed E-state index contributed by atoms with van der Waals surface area (Å²) in [7, 11) is -3.26. The van der Waals surface area contributed by atoms with E-state index in [2.05, 4.69) is 9.62 Å². The van der Waals surface area contributed by atoms with Crippen molar-refractivity contribution in [1.29, 1.82) is 0 Å². The van der Waals surface area contributed by atoms with Crippen LogP contribution in [0.1, 0.15) is 37.2 Å². The van der Waals surface area contributed by atoms with Gasteiger partial charge in [0, 0.05) is 43.8 Å². The fraction of sp³-hybridized carbons (Fsp3) is 0.632. The second-order valence-electron chi connectivity index (χ2n) is 7.89. The van der Waals surface area contributed by atoms with E-state index in [1.54, 1.807) is 12.1 Å². The van der Waals surface area contributed by atoms with Crippen LogP contribution >= 0.6 is 0 Å². The third kappa shape index (κ3) is 3.88. The molecule has 4 rings (SSSR count). The van der Waals surface area contributed by atoms with E-state index in [9.17, 15) is 13.2 Å². The van der Waals surface area contributed by atoms with Crippen molar-refractivity contribution in [1.82, 2.24) is 9.80 Å². The van der Waals surface area contributed by atoms with Crippen molar-refractivity contribution in [2.24, 2.45) is 5.92 Å². The Kier molecular flexibility index (Phi) is 4.69. The molecule has 7 heteroatoms. The molecule has 1 amide bonds. The van der Waals surface area contributed by atoms with Crippen molar-refractivity contribution in [3.05, 3.63) is 29.8 Å². The average Bonchev–Trinajstić information content (AvgIpc) is 3.33. The highest BCUT2D eigenvalue weighted by molar-refractivity contribution is 7.92. The standard InChI is InChI=1S/C19H27N3O3S/c1-26(24,25)20-15-7-5-14(6-8-15)17-13-18(17)19(23)22-11-9-21(10-12-22)16-3-2-4-16/h5-8,16-18,20H,2-4,9-13H2,1H3. The summed E-state index contributed by atoms with van der Waals surface area (Å²) in [6.45, 7) is 3.74. The van der Waals surface area contributed by atoms with Crippen molar-refractivity contribution in [3.63, 3.8) is 0 Å². The van der Waals surface area contributed by atoms with E-state index in [1.807, 2.05) is 17.0 Å². The van der Waals surface area contributed by atoms with Gasteiger partial charge in [0.1, 0.15) is 0 Å². The van der Waals surface area contributed by atoms with Gasteiger partial charge in [0.05, 0.1) is 6.26 Å². The zero-order valence-corrected chi connectivity index (χ0v) is 16.0. The second kappa shape index (κ2) is 6.85. The van der Waals surface area contributed by atoms with E-state index in [-0.39, 0.29) is 11.8 Å². The van der Waals surface area contributed by atoms with Crippen LogP contribution in [0.5, 0.6) is 0 Å². The Hall–Kier alpha value is -1.60. The lowest BCUT2D eigenvalue weighted by atomic mass is 9.91. The van der Waals surface area contributed by atoms with Crippen LogP contribution in [0.3, 0.4) is 0 Å². The quantitative estimate of drug-likeness (QED) is 0.850. The molecule has 0 bridgehead atoms. The van der Waals surface area contributed by atoms with Gasteiger partial charge in [-0.1, -0.05) is 18.6 Å². The number of hydrogen-bond donors (Lipinski definition) is 1. The Balaban J connectivity index is 1.30. The van der Waals surface area contributed by atoms with E-state index in [4.69, 9.17) is 0 Å². The zero-order chi connectivity index (χ0) is 18.3. The van der Waals surface area contributed by atoms with E-state index in [1.165, 1.54) is 19.3 Å². The first-order valence-corrected chi connectivity index (χ1v) is 11.4. The fourth-order valence-corrected chi connectivity index (χ4v) is 4.71. The minimum absolute atomic E-state index is 0.0963. The normalized spacial score (nSPS) is 27.0. The average molecular weight is 378 g/mol. The van der Waals surface area contributed by atoms with E-state index >= 15 is 0 Å². The summed E-state index contributed by atoms with van der Waals surface area (Å²) in [5.74, 6) is 0.667. The predicted molar refractivity (Wildman–Crippen MR) is 102 cm³/mol. The molecule has 142 valence electrons. The third-order valence-corrected chi connectivity index (χ3v) is 6.57. The molecule has 1 saturated heterocycles. The van der Waals surface area contributed by atoms with Gasteiger partial charge in [0.25, 0.3) is 0 Å². The van der Waals surface area contributed by atoms with Gasteiger partial charge in [-0.05, 0) is 42.9 Å². The Morgan fingerprint density at radius 3 is 2.27 bits per heavy atom. The molecule has 1 heterocycles. The predicted octanol–water partition coefficient (Wildman–Crippen LogP) is 1.86. The van der Waals surface area contributed by atoms with Gasteiger partial charge in [-0.2, -0.15) is 0 Å². The summed E-state index contributed by atoms with van der Waals surface area (Å²) in [5, 5.41) is 0. The molecule has 2 saturated carbocycles. The fourth-order valence-electron chi connectivity index (χ4n) is 4.14.